The van der Waals surface area contributed by atoms with Crippen molar-refractivity contribution < 1.29 is 0 Å². The average Bonchev–Trinajstić information content (AvgIpc) is 2.69. The van der Waals surface area contributed by atoms with Crippen molar-refractivity contribution in [1.82, 2.24) is 10.2 Å². The Morgan fingerprint density at radius 2 is 2.17 bits per heavy atom. The van der Waals surface area contributed by atoms with Crippen LogP contribution < -0.4 is 5.32 Å². The maximum atomic E-state index is 3.70. The van der Waals surface area contributed by atoms with Gasteiger partial charge in [-0.05, 0) is 57.3 Å². The van der Waals surface area contributed by atoms with Gasteiger partial charge in [0.15, 0.2) is 0 Å². The number of nitrogens with zero attached hydrogens (tertiary/aromatic N) is 1. The quantitative estimate of drug-likeness (QED) is 0.860. The van der Waals surface area contributed by atoms with Crippen LogP contribution in [-0.4, -0.2) is 30.1 Å². The fraction of sp³-hybridized carbons (Fsp3) is 0.625. The molecule has 1 N–H and O–H groups in total. The minimum atomic E-state index is 0.383. The molecule has 1 unspecified atom stereocenters. The van der Waals surface area contributed by atoms with E-state index in [0.717, 1.165) is 13.1 Å². The lowest BCUT2D eigenvalue weighted by atomic mass is 9.93. The van der Waals surface area contributed by atoms with Gasteiger partial charge in [0, 0.05) is 18.1 Å². The Kier molecular flexibility index (Phi) is 3.16. The Morgan fingerprint density at radius 3 is 2.94 bits per heavy atom. The van der Waals surface area contributed by atoms with Crippen LogP contribution in [0.5, 0.6) is 0 Å². The maximum absolute atomic E-state index is 3.70. The van der Waals surface area contributed by atoms with E-state index in [4.69, 9.17) is 0 Å². The molecule has 1 aromatic carbocycles. The van der Waals surface area contributed by atoms with Crippen LogP contribution >= 0.6 is 0 Å². The first-order valence-electron chi connectivity index (χ1n) is 7.23. The molecule has 2 heterocycles. The molecule has 2 aliphatic rings. The Balaban J connectivity index is 1.78. The third-order valence-corrected chi connectivity index (χ3v) is 4.69. The van der Waals surface area contributed by atoms with E-state index in [0.29, 0.717) is 11.6 Å². The van der Waals surface area contributed by atoms with Gasteiger partial charge in [0.1, 0.15) is 0 Å². The molecule has 98 valence electrons. The molecule has 2 heteroatoms. The molecule has 1 saturated heterocycles. The zero-order chi connectivity index (χ0) is 12.6. The van der Waals surface area contributed by atoms with E-state index in [1.807, 2.05) is 0 Å². The van der Waals surface area contributed by atoms with Gasteiger partial charge in [-0.1, -0.05) is 24.3 Å². The van der Waals surface area contributed by atoms with Crippen molar-refractivity contribution >= 4 is 0 Å². The first-order valence-corrected chi connectivity index (χ1v) is 7.23. The molecule has 3 rings (SSSR count). The molecule has 0 aromatic heterocycles. The van der Waals surface area contributed by atoms with Crippen LogP contribution in [0.3, 0.4) is 0 Å². The Hall–Kier alpha value is -0.860. The lowest BCUT2D eigenvalue weighted by Crippen LogP contribution is -2.45. The minimum Gasteiger partial charge on any atom is -0.309 e. The highest BCUT2D eigenvalue weighted by molar-refractivity contribution is 5.32. The zero-order valence-corrected chi connectivity index (χ0v) is 11.6. The summed E-state index contributed by atoms with van der Waals surface area (Å²) >= 11 is 0. The van der Waals surface area contributed by atoms with Gasteiger partial charge in [0.25, 0.3) is 0 Å². The van der Waals surface area contributed by atoms with E-state index in [2.05, 4.69) is 48.3 Å². The molecule has 18 heavy (non-hydrogen) atoms. The van der Waals surface area contributed by atoms with Crippen LogP contribution in [0, 0.1) is 0 Å². The Bertz CT molecular complexity index is 425. The molecule has 0 radical (unpaired) electrons. The van der Waals surface area contributed by atoms with Gasteiger partial charge < -0.3 is 5.32 Å². The second kappa shape index (κ2) is 4.67. The fourth-order valence-electron chi connectivity index (χ4n) is 3.48. The van der Waals surface area contributed by atoms with Crippen molar-refractivity contribution in [2.24, 2.45) is 0 Å². The second-order valence-electron chi connectivity index (χ2n) is 6.32. The molecule has 1 atom stereocenters. The second-order valence-corrected chi connectivity index (χ2v) is 6.32. The molecule has 0 aliphatic carbocycles. The first kappa shape index (κ1) is 12.2. The van der Waals surface area contributed by atoms with E-state index in [1.165, 1.54) is 31.4 Å². The number of hydrogen-bond acceptors (Lipinski definition) is 2. The number of likely N-dealkylation sites (tertiary alicyclic amines) is 1. The minimum absolute atomic E-state index is 0.383. The molecule has 1 aromatic rings. The van der Waals surface area contributed by atoms with Crippen LogP contribution in [0.1, 0.15) is 43.9 Å². The lowest BCUT2D eigenvalue weighted by molar-refractivity contribution is 0.155. The molecule has 0 bridgehead atoms. The van der Waals surface area contributed by atoms with E-state index >= 15 is 0 Å². The van der Waals surface area contributed by atoms with Crippen LogP contribution in [0.25, 0.3) is 0 Å². The van der Waals surface area contributed by atoms with Gasteiger partial charge in [-0.3, -0.25) is 4.90 Å². The topological polar surface area (TPSA) is 15.3 Å². The highest BCUT2D eigenvalue weighted by Crippen LogP contribution is 2.31. The third-order valence-electron chi connectivity index (χ3n) is 4.69. The summed E-state index contributed by atoms with van der Waals surface area (Å²) in [7, 11) is 0. The highest BCUT2D eigenvalue weighted by Gasteiger charge is 2.34. The van der Waals surface area contributed by atoms with Crippen molar-refractivity contribution in [2.75, 3.05) is 19.6 Å². The summed E-state index contributed by atoms with van der Waals surface area (Å²) in [5.41, 5.74) is 3.44. The summed E-state index contributed by atoms with van der Waals surface area (Å²) in [6.07, 6.45) is 3.86. The van der Waals surface area contributed by atoms with E-state index in [-0.39, 0.29) is 0 Å². The number of rotatable bonds is 2. The third kappa shape index (κ3) is 2.19. The number of benzene rings is 1. The van der Waals surface area contributed by atoms with Crippen molar-refractivity contribution in [1.29, 1.82) is 0 Å². The molecule has 2 nitrogen and oxygen atoms in total. The Labute approximate surface area is 110 Å². The van der Waals surface area contributed by atoms with Crippen molar-refractivity contribution in [3.05, 3.63) is 35.4 Å². The van der Waals surface area contributed by atoms with Gasteiger partial charge in [-0.2, -0.15) is 0 Å². The van der Waals surface area contributed by atoms with Gasteiger partial charge in [-0.15, -0.1) is 0 Å². The van der Waals surface area contributed by atoms with Crippen molar-refractivity contribution in [3.63, 3.8) is 0 Å². The van der Waals surface area contributed by atoms with E-state index in [1.54, 1.807) is 5.56 Å². The van der Waals surface area contributed by atoms with Crippen molar-refractivity contribution in [3.8, 4) is 0 Å². The molecular formula is C16H24N2. The molecule has 2 aliphatic heterocycles. The zero-order valence-electron chi connectivity index (χ0n) is 11.6. The summed E-state index contributed by atoms with van der Waals surface area (Å²) in [5.74, 6) is 0. The highest BCUT2D eigenvalue weighted by atomic mass is 15.2. The molecule has 0 spiro atoms. The van der Waals surface area contributed by atoms with Crippen LogP contribution in [0.15, 0.2) is 24.3 Å². The predicted octanol–water partition coefficient (Wildman–Crippen LogP) is 2.75. The summed E-state index contributed by atoms with van der Waals surface area (Å²) < 4.78 is 0. The smallest absolute Gasteiger partial charge is 0.0452 e. The molecule has 0 saturated carbocycles. The molecule has 1 fully saturated rings. The van der Waals surface area contributed by atoms with Gasteiger partial charge in [-0.25, -0.2) is 0 Å². The normalized spacial score (nSPS) is 27.1. The lowest BCUT2D eigenvalue weighted by Gasteiger charge is -2.37. The van der Waals surface area contributed by atoms with Crippen LogP contribution in [0.4, 0.5) is 0 Å². The van der Waals surface area contributed by atoms with Crippen molar-refractivity contribution in [2.45, 2.75) is 44.7 Å². The summed E-state index contributed by atoms with van der Waals surface area (Å²) in [5, 5.41) is 3.70. The Morgan fingerprint density at radius 1 is 1.33 bits per heavy atom. The van der Waals surface area contributed by atoms with Gasteiger partial charge in [0.2, 0.25) is 0 Å². The number of hydrogen-bond donors (Lipinski definition) is 1. The monoisotopic (exact) mass is 244 g/mol. The predicted molar refractivity (Wildman–Crippen MR) is 75.8 cm³/mol. The van der Waals surface area contributed by atoms with E-state index < -0.39 is 0 Å². The summed E-state index contributed by atoms with van der Waals surface area (Å²) in [4.78, 5) is 2.66. The number of fused-ring (bicyclic) bond motifs is 1. The standard InChI is InChI=1S/C16H24N2/c1-16(2)9-5-11-18(16)12-15-14-7-4-3-6-13(14)8-10-17-15/h3-4,6-7,15,17H,5,8-12H2,1-2H3. The van der Waals surface area contributed by atoms with Crippen LogP contribution in [0.2, 0.25) is 0 Å². The van der Waals surface area contributed by atoms with Gasteiger partial charge in [0.05, 0.1) is 0 Å². The maximum Gasteiger partial charge on any atom is 0.0452 e. The average molecular weight is 244 g/mol. The molecule has 0 amide bonds. The van der Waals surface area contributed by atoms with Gasteiger partial charge >= 0.3 is 0 Å². The SMILES string of the molecule is CC1(C)CCCN1CC1NCCc2ccccc21. The fourth-order valence-corrected chi connectivity index (χ4v) is 3.48. The largest absolute Gasteiger partial charge is 0.309 e. The number of nitrogens with one attached hydrogen (secondary N) is 1. The first-order chi connectivity index (χ1) is 8.67. The van der Waals surface area contributed by atoms with E-state index in [9.17, 15) is 0 Å². The molecular weight excluding hydrogens is 220 g/mol. The summed E-state index contributed by atoms with van der Waals surface area (Å²) in [6, 6.07) is 9.45. The summed E-state index contributed by atoms with van der Waals surface area (Å²) in [6.45, 7) is 8.30. The van der Waals surface area contributed by atoms with Crippen LogP contribution in [-0.2, 0) is 6.42 Å².